The fourth-order valence-corrected chi connectivity index (χ4v) is 9.12. The van der Waals surface area contributed by atoms with E-state index in [1.165, 1.54) is 48.4 Å². The summed E-state index contributed by atoms with van der Waals surface area (Å²) in [5.74, 6) is 2.93. The normalized spacial score (nSPS) is 21.2. The molecular formula is C29H37N5O3S2. The number of thiophene rings is 1. The molecule has 6 rings (SSSR count). The summed E-state index contributed by atoms with van der Waals surface area (Å²) in [6.07, 6.45) is 9.45. The molecule has 3 heterocycles. The summed E-state index contributed by atoms with van der Waals surface area (Å²) in [5.41, 5.74) is 2.01. The summed E-state index contributed by atoms with van der Waals surface area (Å²) in [6, 6.07) is 6.40. The lowest BCUT2D eigenvalue weighted by molar-refractivity contribution is -0.114. The van der Waals surface area contributed by atoms with Crippen LogP contribution in [0, 0.1) is 5.92 Å². The van der Waals surface area contributed by atoms with E-state index in [1.807, 2.05) is 11.3 Å². The first-order chi connectivity index (χ1) is 18.8. The number of amides is 1. The standard InChI is InChI=1S/C29H37N5O3S2/c1-19-8-13-24-25(18-19)38-29-26(24)28(31-27(32-29)21-6-4-3-5-7-21)33-14-16-34(17-15-33)39(36,37)23-11-9-22(10-12-23)30-20(2)35/h9-12,19,21H,3-8,13-18H2,1-2H3,(H,30,35). The quantitative estimate of drug-likeness (QED) is 0.448. The molecule has 3 aliphatic rings. The number of anilines is 2. The van der Waals surface area contributed by atoms with Gasteiger partial charge in [0, 0.05) is 49.6 Å². The summed E-state index contributed by atoms with van der Waals surface area (Å²) < 4.78 is 28.4. The number of nitrogens with one attached hydrogen (secondary N) is 1. The molecule has 3 aromatic rings. The van der Waals surface area contributed by atoms with Gasteiger partial charge in [0.1, 0.15) is 16.5 Å². The van der Waals surface area contributed by atoms with Crippen molar-refractivity contribution in [1.29, 1.82) is 0 Å². The summed E-state index contributed by atoms with van der Waals surface area (Å²) in [5, 5.41) is 3.90. The van der Waals surface area contributed by atoms with Gasteiger partial charge >= 0.3 is 0 Å². The molecule has 208 valence electrons. The Morgan fingerprint density at radius 2 is 1.72 bits per heavy atom. The lowest BCUT2D eigenvalue weighted by Crippen LogP contribution is -2.49. The highest BCUT2D eigenvalue weighted by Crippen LogP contribution is 2.43. The van der Waals surface area contributed by atoms with E-state index >= 15 is 0 Å². The number of piperazine rings is 1. The van der Waals surface area contributed by atoms with Crippen molar-refractivity contribution < 1.29 is 13.2 Å². The van der Waals surface area contributed by atoms with Crippen molar-refractivity contribution >= 4 is 49.0 Å². The van der Waals surface area contributed by atoms with Gasteiger partial charge in [-0.1, -0.05) is 26.2 Å². The summed E-state index contributed by atoms with van der Waals surface area (Å²) in [7, 11) is -3.63. The Labute approximate surface area is 234 Å². The van der Waals surface area contributed by atoms with Crippen molar-refractivity contribution in [1.82, 2.24) is 14.3 Å². The monoisotopic (exact) mass is 567 g/mol. The zero-order valence-corrected chi connectivity index (χ0v) is 24.4. The predicted molar refractivity (Wildman–Crippen MR) is 156 cm³/mol. The first kappa shape index (κ1) is 26.7. The molecule has 1 aromatic carbocycles. The lowest BCUT2D eigenvalue weighted by atomic mass is 9.88. The van der Waals surface area contributed by atoms with Crippen molar-refractivity contribution in [3.05, 3.63) is 40.5 Å². The van der Waals surface area contributed by atoms with Crippen molar-refractivity contribution in [2.24, 2.45) is 5.92 Å². The highest BCUT2D eigenvalue weighted by molar-refractivity contribution is 7.89. The highest BCUT2D eigenvalue weighted by atomic mass is 32.2. The molecule has 1 atom stereocenters. The van der Waals surface area contributed by atoms with E-state index in [4.69, 9.17) is 9.97 Å². The van der Waals surface area contributed by atoms with Crippen molar-refractivity contribution in [2.75, 3.05) is 36.4 Å². The van der Waals surface area contributed by atoms with Gasteiger partial charge in [-0.25, -0.2) is 18.4 Å². The molecule has 2 aliphatic carbocycles. The second-order valence-electron chi connectivity index (χ2n) is 11.4. The number of benzene rings is 1. The van der Waals surface area contributed by atoms with Crippen LogP contribution >= 0.6 is 11.3 Å². The van der Waals surface area contributed by atoms with Crippen molar-refractivity contribution in [3.8, 4) is 0 Å². The summed E-state index contributed by atoms with van der Waals surface area (Å²) >= 11 is 1.86. The molecule has 1 unspecified atom stereocenters. The maximum atomic E-state index is 13.4. The number of aromatic nitrogens is 2. The smallest absolute Gasteiger partial charge is 0.243 e. The van der Waals surface area contributed by atoms with Gasteiger partial charge < -0.3 is 10.2 Å². The van der Waals surface area contributed by atoms with Crippen LogP contribution in [0.4, 0.5) is 11.5 Å². The zero-order chi connectivity index (χ0) is 27.1. The number of carbonyl (C=O) groups excluding carboxylic acids is 1. The maximum Gasteiger partial charge on any atom is 0.243 e. The molecule has 8 nitrogen and oxygen atoms in total. The molecule has 2 aromatic heterocycles. The lowest BCUT2D eigenvalue weighted by Gasteiger charge is -2.35. The third kappa shape index (κ3) is 5.30. The molecule has 0 spiro atoms. The number of rotatable bonds is 5. The first-order valence-corrected chi connectivity index (χ1v) is 16.5. The Bertz CT molecular complexity index is 1470. The van der Waals surface area contributed by atoms with Crippen molar-refractivity contribution in [3.63, 3.8) is 0 Å². The van der Waals surface area contributed by atoms with Gasteiger partial charge in [-0.2, -0.15) is 4.31 Å². The minimum absolute atomic E-state index is 0.186. The number of nitrogens with zero attached hydrogens (tertiary/aromatic N) is 4. The van der Waals surface area contributed by atoms with Crippen LogP contribution in [-0.2, 0) is 27.7 Å². The Hall–Kier alpha value is -2.56. The first-order valence-electron chi connectivity index (χ1n) is 14.2. The Kier molecular flexibility index (Phi) is 7.37. The molecule has 1 amide bonds. The maximum absolute atomic E-state index is 13.4. The second kappa shape index (κ2) is 10.8. The van der Waals surface area contributed by atoms with Crippen LogP contribution in [0.3, 0.4) is 0 Å². The minimum atomic E-state index is -3.63. The van der Waals surface area contributed by atoms with Gasteiger partial charge in [-0.15, -0.1) is 11.3 Å². The number of carbonyl (C=O) groups is 1. The molecular weight excluding hydrogens is 530 g/mol. The van der Waals surface area contributed by atoms with Crippen molar-refractivity contribution in [2.45, 2.75) is 76.0 Å². The fraction of sp³-hybridized carbons (Fsp3) is 0.552. The van der Waals surface area contributed by atoms with Gasteiger partial charge in [0.25, 0.3) is 0 Å². The van der Waals surface area contributed by atoms with Crippen LogP contribution in [-0.4, -0.2) is 54.8 Å². The van der Waals surface area contributed by atoms with Gasteiger partial charge in [0.05, 0.1) is 10.3 Å². The van der Waals surface area contributed by atoms with E-state index in [2.05, 4.69) is 17.1 Å². The van der Waals surface area contributed by atoms with Crippen LogP contribution in [0.25, 0.3) is 10.2 Å². The van der Waals surface area contributed by atoms with Gasteiger partial charge in [-0.3, -0.25) is 4.79 Å². The fourth-order valence-electron chi connectivity index (χ4n) is 6.31. The Morgan fingerprint density at radius 1 is 1.00 bits per heavy atom. The zero-order valence-electron chi connectivity index (χ0n) is 22.8. The number of fused-ring (bicyclic) bond motifs is 3. The molecule has 0 radical (unpaired) electrons. The van der Waals surface area contributed by atoms with Crippen LogP contribution in [0.2, 0.25) is 0 Å². The largest absolute Gasteiger partial charge is 0.353 e. The third-order valence-corrected chi connectivity index (χ3v) is 11.5. The Morgan fingerprint density at radius 3 is 2.41 bits per heavy atom. The molecule has 1 aliphatic heterocycles. The van der Waals surface area contributed by atoms with Crippen LogP contribution in [0.1, 0.15) is 74.6 Å². The van der Waals surface area contributed by atoms with E-state index in [-0.39, 0.29) is 10.8 Å². The molecule has 1 saturated carbocycles. The number of sulfonamides is 1. The molecule has 10 heteroatoms. The van der Waals surface area contributed by atoms with Gasteiger partial charge in [0.2, 0.25) is 15.9 Å². The molecule has 1 saturated heterocycles. The average molecular weight is 568 g/mol. The molecule has 2 fully saturated rings. The molecule has 1 N–H and O–H groups in total. The van der Waals surface area contributed by atoms with Crippen LogP contribution in [0.5, 0.6) is 0 Å². The molecule has 0 bridgehead atoms. The van der Waals surface area contributed by atoms with E-state index in [1.54, 1.807) is 28.6 Å². The minimum Gasteiger partial charge on any atom is -0.353 e. The topological polar surface area (TPSA) is 95.5 Å². The Balaban J connectivity index is 1.27. The van der Waals surface area contributed by atoms with Crippen LogP contribution < -0.4 is 10.2 Å². The number of aryl methyl sites for hydroxylation is 1. The average Bonchev–Trinajstić information content (AvgIpc) is 3.30. The number of hydrogen-bond donors (Lipinski definition) is 1. The van der Waals surface area contributed by atoms with E-state index in [0.717, 1.165) is 42.2 Å². The highest BCUT2D eigenvalue weighted by Gasteiger charge is 2.32. The van der Waals surface area contributed by atoms with E-state index in [9.17, 15) is 13.2 Å². The van der Waals surface area contributed by atoms with E-state index in [0.29, 0.717) is 43.7 Å². The second-order valence-corrected chi connectivity index (χ2v) is 14.4. The number of hydrogen-bond acceptors (Lipinski definition) is 7. The molecule has 39 heavy (non-hydrogen) atoms. The predicted octanol–water partition coefficient (Wildman–Crippen LogP) is 5.33. The third-order valence-electron chi connectivity index (χ3n) is 8.47. The summed E-state index contributed by atoms with van der Waals surface area (Å²) in [4.78, 5) is 26.8. The van der Waals surface area contributed by atoms with E-state index < -0.39 is 10.0 Å². The van der Waals surface area contributed by atoms with Gasteiger partial charge in [0.15, 0.2) is 0 Å². The SMILES string of the molecule is CC(=O)Nc1ccc(S(=O)(=O)N2CCN(c3nc(C4CCCCC4)nc4sc5c(c34)CCC(C)C5)CC2)cc1. The summed E-state index contributed by atoms with van der Waals surface area (Å²) in [6.45, 7) is 5.77. The van der Waals surface area contributed by atoms with Crippen LogP contribution in [0.15, 0.2) is 29.2 Å². The van der Waals surface area contributed by atoms with Gasteiger partial charge in [-0.05, 0) is 67.9 Å².